The largest absolute Gasteiger partial charge is 0.373 e. The second kappa shape index (κ2) is 6.10. The fourth-order valence-electron chi connectivity index (χ4n) is 3.01. The van der Waals surface area contributed by atoms with Gasteiger partial charge in [0, 0.05) is 25.2 Å². The molecule has 3 heterocycles. The van der Waals surface area contributed by atoms with Crippen LogP contribution in [-0.4, -0.2) is 52.2 Å². The maximum Gasteiger partial charge on any atom is 0.138 e. The van der Waals surface area contributed by atoms with Crippen LogP contribution >= 0.6 is 11.3 Å². The Bertz CT molecular complexity index is 632. The van der Waals surface area contributed by atoms with Crippen LogP contribution in [0.5, 0.6) is 0 Å². The molecule has 0 spiro atoms. The Labute approximate surface area is 135 Å². The van der Waals surface area contributed by atoms with Crippen LogP contribution in [0.15, 0.2) is 17.8 Å². The molecular formula is C16H24N4OS. The standard InChI is InChI=1S/C16H24N4OS/c1-11-7-20(8-12(2)21-11)16(3,4)9-17-14-13-5-6-22-15(13)19-10-18-14/h5-6,10-12H,7-9H2,1-4H3,(H,17,18,19). The molecule has 2 atom stereocenters. The normalized spacial score (nSPS) is 23.8. The third-order valence-electron chi connectivity index (χ3n) is 4.23. The maximum absolute atomic E-state index is 5.84. The zero-order valence-corrected chi connectivity index (χ0v) is 14.5. The van der Waals surface area contributed by atoms with Crippen molar-refractivity contribution in [2.24, 2.45) is 0 Å². The summed E-state index contributed by atoms with van der Waals surface area (Å²) in [6.07, 6.45) is 2.20. The summed E-state index contributed by atoms with van der Waals surface area (Å²) in [5.41, 5.74) is 0.0413. The Hall–Kier alpha value is -1.24. The van der Waals surface area contributed by atoms with Gasteiger partial charge in [0.05, 0.1) is 17.6 Å². The number of anilines is 1. The lowest BCUT2D eigenvalue weighted by molar-refractivity contribution is -0.0933. The van der Waals surface area contributed by atoms with Crippen molar-refractivity contribution in [3.8, 4) is 0 Å². The number of nitrogens with zero attached hydrogens (tertiary/aromatic N) is 3. The van der Waals surface area contributed by atoms with E-state index < -0.39 is 0 Å². The number of thiophene rings is 1. The van der Waals surface area contributed by atoms with E-state index in [1.807, 2.05) is 0 Å². The lowest BCUT2D eigenvalue weighted by atomic mass is 10.00. The molecule has 0 aliphatic carbocycles. The average Bonchev–Trinajstić information content (AvgIpc) is 2.93. The topological polar surface area (TPSA) is 50.3 Å². The molecule has 6 heteroatoms. The fraction of sp³-hybridized carbons (Fsp3) is 0.625. The van der Waals surface area contributed by atoms with Crippen molar-refractivity contribution in [3.05, 3.63) is 17.8 Å². The predicted octanol–water partition coefficient (Wildman–Crippen LogP) is 2.99. The van der Waals surface area contributed by atoms with E-state index in [2.05, 4.69) is 59.3 Å². The zero-order valence-electron chi connectivity index (χ0n) is 13.7. The Morgan fingerprint density at radius 1 is 1.32 bits per heavy atom. The van der Waals surface area contributed by atoms with Crippen molar-refractivity contribution in [3.63, 3.8) is 0 Å². The Morgan fingerprint density at radius 3 is 2.77 bits per heavy atom. The number of hydrogen-bond acceptors (Lipinski definition) is 6. The molecule has 1 fully saturated rings. The molecular weight excluding hydrogens is 296 g/mol. The lowest BCUT2D eigenvalue weighted by Gasteiger charge is -2.45. The molecule has 1 saturated heterocycles. The molecule has 0 bridgehead atoms. The van der Waals surface area contributed by atoms with Gasteiger partial charge in [0.25, 0.3) is 0 Å². The summed E-state index contributed by atoms with van der Waals surface area (Å²) >= 11 is 1.65. The van der Waals surface area contributed by atoms with Crippen LogP contribution in [0, 0.1) is 0 Å². The number of fused-ring (bicyclic) bond motifs is 1. The summed E-state index contributed by atoms with van der Waals surface area (Å²) in [4.78, 5) is 12.2. The van der Waals surface area contributed by atoms with E-state index >= 15 is 0 Å². The van der Waals surface area contributed by atoms with E-state index in [1.165, 1.54) is 0 Å². The minimum absolute atomic E-state index is 0.0413. The van der Waals surface area contributed by atoms with Gasteiger partial charge in [-0.05, 0) is 39.1 Å². The van der Waals surface area contributed by atoms with Gasteiger partial charge in [0.2, 0.25) is 0 Å². The van der Waals surface area contributed by atoms with Crippen molar-refractivity contribution in [2.45, 2.75) is 45.4 Å². The van der Waals surface area contributed by atoms with Crippen molar-refractivity contribution in [1.29, 1.82) is 0 Å². The fourth-order valence-corrected chi connectivity index (χ4v) is 3.75. The molecule has 0 radical (unpaired) electrons. The maximum atomic E-state index is 5.84. The van der Waals surface area contributed by atoms with E-state index in [-0.39, 0.29) is 17.7 Å². The van der Waals surface area contributed by atoms with Crippen LogP contribution < -0.4 is 5.32 Å². The van der Waals surface area contributed by atoms with Gasteiger partial charge in [0.1, 0.15) is 17.0 Å². The van der Waals surface area contributed by atoms with Crippen molar-refractivity contribution in [2.75, 3.05) is 25.0 Å². The number of nitrogens with one attached hydrogen (secondary N) is 1. The molecule has 2 unspecified atom stereocenters. The van der Waals surface area contributed by atoms with Crippen LogP contribution in [0.25, 0.3) is 10.2 Å². The van der Waals surface area contributed by atoms with E-state index in [0.717, 1.165) is 35.7 Å². The van der Waals surface area contributed by atoms with Gasteiger partial charge in [-0.15, -0.1) is 11.3 Å². The molecule has 22 heavy (non-hydrogen) atoms. The molecule has 0 aromatic carbocycles. The number of aromatic nitrogens is 2. The highest BCUT2D eigenvalue weighted by Gasteiger charge is 2.33. The quantitative estimate of drug-likeness (QED) is 0.938. The van der Waals surface area contributed by atoms with Crippen LogP contribution in [0.3, 0.4) is 0 Å². The molecule has 2 aromatic rings. The smallest absolute Gasteiger partial charge is 0.138 e. The molecule has 2 aromatic heterocycles. The highest BCUT2D eigenvalue weighted by atomic mass is 32.1. The molecule has 1 aliphatic rings. The zero-order chi connectivity index (χ0) is 15.7. The minimum atomic E-state index is 0.0413. The summed E-state index contributed by atoms with van der Waals surface area (Å²) < 4.78 is 5.84. The van der Waals surface area contributed by atoms with E-state index in [9.17, 15) is 0 Å². The minimum Gasteiger partial charge on any atom is -0.373 e. The summed E-state index contributed by atoms with van der Waals surface area (Å²) in [7, 11) is 0. The number of rotatable bonds is 4. The molecule has 3 rings (SSSR count). The summed E-state index contributed by atoms with van der Waals surface area (Å²) in [6, 6.07) is 2.08. The van der Waals surface area contributed by atoms with Gasteiger partial charge in [-0.1, -0.05) is 0 Å². The van der Waals surface area contributed by atoms with E-state index in [0.29, 0.717) is 0 Å². The highest BCUT2D eigenvalue weighted by Crippen LogP contribution is 2.26. The Morgan fingerprint density at radius 2 is 2.05 bits per heavy atom. The highest BCUT2D eigenvalue weighted by molar-refractivity contribution is 7.16. The van der Waals surface area contributed by atoms with Gasteiger partial charge in [-0.3, -0.25) is 4.90 Å². The summed E-state index contributed by atoms with van der Waals surface area (Å²) in [6.45, 7) is 11.6. The first-order valence-electron chi connectivity index (χ1n) is 7.78. The number of ether oxygens (including phenoxy) is 1. The van der Waals surface area contributed by atoms with Gasteiger partial charge >= 0.3 is 0 Å². The Balaban J connectivity index is 1.70. The van der Waals surface area contributed by atoms with Crippen molar-refractivity contribution >= 4 is 27.4 Å². The first-order chi connectivity index (χ1) is 10.5. The monoisotopic (exact) mass is 320 g/mol. The molecule has 1 N–H and O–H groups in total. The molecule has 120 valence electrons. The third-order valence-corrected chi connectivity index (χ3v) is 5.05. The molecule has 0 amide bonds. The number of morpholine rings is 1. The van der Waals surface area contributed by atoms with Gasteiger partial charge in [-0.2, -0.15) is 0 Å². The molecule has 5 nitrogen and oxygen atoms in total. The first-order valence-corrected chi connectivity index (χ1v) is 8.66. The molecule has 1 aliphatic heterocycles. The van der Waals surface area contributed by atoms with Crippen LogP contribution in [0.4, 0.5) is 5.82 Å². The second-order valence-electron chi connectivity index (χ2n) is 6.69. The van der Waals surface area contributed by atoms with Crippen LogP contribution in [0.1, 0.15) is 27.7 Å². The SMILES string of the molecule is CC1CN(C(C)(C)CNc2ncnc3sccc23)CC(C)O1. The first kappa shape index (κ1) is 15.6. The van der Waals surface area contributed by atoms with Crippen LogP contribution in [0.2, 0.25) is 0 Å². The molecule has 0 saturated carbocycles. The van der Waals surface area contributed by atoms with Crippen molar-refractivity contribution in [1.82, 2.24) is 14.9 Å². The van der Waals surface area contributed by atoms with E-state index in [4.69, 9.17) is 4.74 Å². The third kappa shape index (κ3) is 3.24. The second-order valence-corrected chi connectivity index (χ2v) is 7.58. The predicted molar refractivity (Wildman–Crippen MR) is 91.6 cm³/mol. The average molecular weight is 320 g/mol. The summed E-state index contributed by atoms with van der Waals surface area (Å²) in [5.74, 6) is 0.925. The lowest BCUT2D eigenvalue weighted by Crippen LogP contribution is -2.57. The van der Waals surface area contributed by atoms with Crippen LogP contribution in [-0.2, 0) is 4.74 Å². The Kier molecular flexibility index (Phi) is 4.34. The van der Waals surface area contributed by atoms with Gasteiger partial charge in [-0.25, -0.2) is 9.97 Å². The van der Waals surface area contributed by atoms with Gasteiger partial charge < -0.3 is 10.1 Å². The van der Waals surface area contributed by atoms with E-state index in [1.54, 1.807) is 17.7 Å². The number of hydrogen-bond donors (Lipinski definition) is 1. The van der Waals surface area contributed by atoms with Gasteiger partial charge in [0.15, 0.2) is 0 Å². The summed E-state index contributed by atoms with van der Waals surface area (Å²) in [5, 5.41) is 6.67. The van der Waals surface area contributed by atoms with Crippen molar-refractivity contribution < 1.29 is 4.74 Å².